The van der Waals surface area contributed by atoms with Crippen LogP contribution in [0.5, 0.6) is 0 Å². The predicted molar refractivity (Wildman–Crippen MR) is 68.3 cm³/mol. The Morgan fingerprint density at radius 1 is 1.38 bits per heavy atom. The number of hydrogen-bond acceptors (Lipinski definition) is 3. The van der Waals surface area contributed by atoms with Crippen LogP contribution in [0.15, 0.2) is 17.0 Å². The number of hydrogen-bond donors (Lipinski definition) is 2. The number of benzene rings is 1. The quantitative estimate of drug-likeness (QED) is 0.775. The number of rotatable bonds is 6. The van der Waals surface area contributed by atoms with Gasteiger partial charge in [-0.2, -0.15) is 8.78 Å². The van der Waals surface area contributed by atoms with Crippen LogP contribution in [0.4, 0.5) is 17.6 Å². The van der Waals surface area contributed by atoms with Crippen molar-refractivity contribution < 1.29 is 31.1 Å². The summed E-state index contributed by atoms with van der Waals surface area (Å²) in [6.45, 7) is -0.919. The summed E-state index contributed by atoms with van der Waals surface area (Å²) in [5.74, 6) is -4.49. The Morgan fingerprint density at radius 3 is 2.43 bits per heavy atom. The van der Waals surface area contributed by atoms with Crippen molar-refractivity contribution in [2.45, 2.75) is 30.8 Å². The molecule has 10 heteroatoms. The largest absolute Gasteiger partial charge is 0.392 e. The number of alkyl halides is 4. The Labute approximate surface area is 123 Å². The highest BCUT2D eigenvalue weighted by Crippen LogP contribution is 2.26. The minimum Gasteiger partial charge on any atom is -0.392 e. The van der Waals surface area contributed by atoms with E-state index in [0.29, 0.717) is 0 Å². The molecule has 120 valence electrons. The number of halogens is 5. The molecule has 1 rings (SSSR count). The molecule has 0 unspecified atom stereocenters. The Kier molecular flexibility index (Phi) is 5.59. The van der Waals surface area contributed by atoms with Gasteiger partial charge in [-0.3, -0.25) is 0 Å². The van der Waals surface area contributed by atoms with E-state index in [1.165, 1.54) is 17.7 Å². The second-order valence-corrected chi connectivity index (χ2v) is 6.40. The molecule has 0 fully saturated rings. The van der Waals surface area contributed by atoms with Crippen molar-refractivity contribution in [1.82, 2.24) is 4.72 Å². The van der Waals surface area contributed by atoms with Crippen molar-refractivity contribution in [3.63, 3.8) is 0 Å². The van der Waals surface area contributed by atoms with Gasteiger partial charge in [-0.05, 0) is 30.2 Å². The summed E-state index contributed by atoms with van der Waals surface area (Å²) >= 11 is 5.68. The summed E-state index contributed by atoms with van der Waals surface area (Å²) < 4.78 is 74.8. The van der Waals surface area contributed by atoms with Crippen molar-refractivity contribution in [1.29, 1.82) is 0 Å². The third-order valence-electron chi connectivity index (χ3n) is 2.71. The zero-order chi connectivity index (χ0) is 16.4. The lowest BCUT2D eigenvalue weighted by molar-refractivity contribution is -0.122. The molecule has 0 amide bonds. The summed E-state index contributed by atoms with van der Waals surface area (Å²) in [5, 5.41) is 9.04. The van der Waals surface area contributed by atoms with Crippen molar-refractivity contribution in [3.8, 4) is 0 Å². The topological polar surface area (TPSA) is 66.4 Å². The van der Waals surface area contributed by atoms with Crippen LogP contribution in [-0.2, 0) is 16.6 Å². The molecule has 2 N–H and O–H groups in total. The minimum absolute atomic E-state index is 0.0364. The minimum atomic E-state index is -4.49. The summed E-state index contributed by atoms with van der Waals surface area (Å²) in [6, 6.07) is 2.29. The standard InChI is InChI=1S/C11H12ClF4NO3S/c1-6-7(4-18)2-8(12)3-9(6)21(19,20)17-5-11(15,16)10(13)14/h2-3,10,17-18H,4-5H2,1H3. The van der Waals surface area contributed by atoms with Crippen LogP contribution in [0.1, 0.15) is 11.1 Å². The van der Waals surface area contributed by atoms with E-state index in [2.05, 4.69) is 0 Å². The molecule has 0 aliphatic carbocycles. The van der Waals surface area contributed by atoms with Gasteiger partial charge in [0.25, 0.3) is 0 Å². The summed E-state index contributed by atoms with van der Waals surface area (Å²) in [5.41, 5.74) is 0.276. The monoisotopic (exact) mass is 349 g/mol. The Bertz CT molecular complexity index is 622. The molecule has 21 heavy (non-hydrogen) atoms. The van der Waals surface area contributed by atoms with Gasteiger partial charge in [-0.25, -0.2) is 21.9 Å². The molecule has 0 bridgehead atoms. The molecule has 0 heterocycles. The molecule has 0 saturated carbocycles. The number of nitrogens with one attached hydrogen (secondary N) is 1. The van der Waals surface area contributed by atoms with E-state index in [1.54, 1.807) is 0 Å². The van der Waals surface area contributed by atoms with Gasteiger partial charge >= 0.3 is 12.3 Å². The average molecular weight is 350 g/mol. The molecule has 1 aromatic carbocycles. The molecule has 0 aliphatic rings. The highest BCUT2D eigenvalue weighted by molar-refractivity contribution is 7.89. The van der Waals surface area contributed by atoms with Gasteiger partial charge in [-0.15, -0.1) is 0 Å². The third kappa shape index (κ3) is 4.29. The Hall–Kier alpha value is -0.900. The van der Waals surface area contributed by atoms with Crippen LogP contribution >= 0.6 is 11.6 Å². The van der Waals surface area contributed by atoms with Crippen molar-refractivity contribution in [2.75, 3.05) is 6.54 Å². The van der Waals surface area contributed by atoms with Crippen LogP contribution < -0.4 is 4.72 Å². The second kappa shape index (κ2) is 6.47. The van der Waals surface area contributed by atoms with E-state index in [0.717, 1.165) is 6.07 Å². The van der Waals surface area contributed by atoms with E-state index in [9.17, 15) is 26.0 Å². The fraction of sp³-hybridized carbons (Fsp3) is 0.455. The number of aliphatic hydroxyl groups excluding tert-OH is 1. The Balaban J connectivity index is 3.12. The highest BCUT2D eigenvalue weighted by atomic mass is 35.5. The smallest absolute Gasteiger partial charge is 0.320 e. The zero-order valence-electron chi connectivity index (χ0n) is 10.7. The van der Waals surface area contributed by atoms with Crippen LogP contribution in [0.2, 0.25) is 5.02 Å². The van der Waals surface area contributed by atoms with E-state index in [1.807, 2.05) is 0 Å². The maximum absolute atomic E-state index is 12.8. The lowest BCUT2D eigenvalue weighted by atomic mass is 10.1. The van der Waals surface area contributed by atoms with E-state index >= 15 is 0 Å². The van der Waals surface area contributed by atoms with E-state index in [4.69, 9.17) is 16.7 Å². The van der Waals surface area contributed by atoms with Gasteiger partial charge in [0.1, 0.15) is 0 Å². The molecule has 0 saturated heterocycles. The number of aliphatic hydroxyl groups is 1. The molecule has 0 radical (unpaired) electrons. The first kappa shape index (κ1) is 18.1. The van der Waals surface area contributed by atoms with Gasteiger partial charge in [0.2, 0.25) is 10.0 Å². The van der Waals surface area contributed by atoms with Crippen LogP contribution in [0, 0.1) is 6.92 Å². The molecule has 0 aromatic heterocycles. The number of sulfonamides is 1. The molecule has 0 atom stereocenters. The first-order chi connectivity index (χ1) is 9.51. The molecule has 4 nitrogen and oxygen atoms in total. The fourth-order valence-electron chi connectivity index (χ4n) is 1.50. The average Bonchev–Trinajstić information content (AvgIpc) is 2.38. The maximum Gasteiger partial charge on any atom is 0.320 e. The lowest BCUT2D eigenvalue weighted by Gasteiger charge is -2.17. The third-order valence-corrected chi connectivity index (χ3v) is 4.46. The molecular formula is C11H12ClF4NO3S. The molecule has 0 aliphatic heterocycles. The van der Waals surface area contributed by atoms with Crippen molar-refractivity contribution in [2.24, 2.45) is 0 Å². The van der Waals surface area contributed by atoms with Crippen LogP contribution in [-0.4, -0.2) is 32.4 Å². The molecule has 0 spiro atoms. The van der Waals surface area contributed by atoms with Crippen molar-refractivity contribution >= 4 is 21.6 Å². The summed E-state index contributed by atoms with van der Waals surface area (Å²) in [6.07, 6.45) is -3.99. The van der Waals surface area contributed by atoms with Gasteiger partial charge in [0.15, 0.2) is 0 Å². The lowest BCUT2D eigenvalue weighted by Crippen LogP contribution is -2.41. The van der Waals surface area contributed by atoms with Gasteiger partial charge in [-0.1, -0.05) is 11.6 Å². The van der Waals surface area contributed by atoms with E-state index in [-0.39, 0.29) is 16.1 Å². The van der Waals surface area contributed by atoms with E-state index < -0.39 is 40.4 Å². The first-order valence-electron chi connectivity index (χ1n) is 5.57. The second-order valence-electron chi connectivity index (χ2n) is 4.23. The highest BCUT2D eigenvalue weighted by Gasteiger charge is 2.41. The van der Waals surface area contributed by atoms with Gasteiger partial charge < -0.3 is 5.11 Å². The Morgan fingerprint density at radius 2 is 1.95 bits per heavy atom. The summed E-state index contributed by atoms with van der Waals surface area (Å²) in [4.78, 5) is -0.455. The first-order valence-corrected chi connectivity index (χ1v) is 7.43. The molecule has 1 aromatic rings. The maximum atomic E-state index is 12.8. The van der Waals surface area contributed by atoms with Crippen LogP contribution in [0.3, 0.4) is 0 Å². The van der Waals surface area contributed by atoms with Crippen LogP contribution in [0.25, 0.3) is 0 Å². The fourth-order valence-corrected chi connectivity index (χ4v) is 3.16. The van der Waals surface area contributed by atoms with Crippen molar-refractivity contribution in [3.05, 3.63) is 28.3 Å². The SMILES string of the molecule is Cc1c(CO)cc(Cl)cc1S(=O)(=O)NCC(F)(F)C(F)F. The zero-order valence-corrected chi connectivity index (χ0v) is 12.3. The summed E-state index contributed by atoms with van der Waals surface area (Å²) in [7, 11) is -4.47. The molecular weight excluding hydrogens is 338 g/mol. The van der Waals surface area contributed by atoms with Gasteiger partial charge in [0, 0.05) is 5.02 Å². The van der Waals surface area contributed by atoms with Gasteiger partial charge in [0.05, 0.1) is 18.0 Å². The normalized spacial score (nSPS) is 13.0. The predicted octanol–water partition coefficient (Wildman–Crippen LogP) is 2.32.